The number of rotatable bonds is 52. The van der Waals surface area contributed by atoms with Crippen molar-refractivity contribution in [3.8, 4) is 0 Å². The molecule has 0 saturated carbocycles. The van der Waals surface area contributed by atoms with Gasteiger partial charge in [-0.25, -0.2) is 0 Å². The van der Waals surface area contributed by atoms with Gasteiger partial charge in [0.2, 0.25) is 5.91 Å². The van der Waals surface area contributed by atoms with E-state index in [1.165, 1.54) is 244 Å². The second-order valence-electron chi connectivity index (χ2n) is 19.4. The molecule has 62 heavy (non-hydrogen) atoms. The molecule has 4 heteroatoms. The Balaban J connectivity index is 3.44. The van der Waals surface area contributed by atoms with E-state index in [2.05, 4.69) is 55.6 Å². The first-order valence-corrected chi connectivity index (χ1v) is 28.2. The highest BCUT2D eigenvalue weighted by Gasteiger charge is 2.20. The van der Waals surface area contributed by atoms with Crippen molar-refractivity contribution in [3.05, 3.63) is 36.5 Å². The number of amides is 1. The summed E-state index contributed by atoms with van der Waals surface area (Å²) in [5.41, 5.74) is 0. The molecule has 0 aromatic rings. The van der Waals surface area contributed by atoms with Gasteiger partial charge in [0.1, 0.15) is 0 Å². The number of nitrogens with one attached hydrogen (secondary N) is 1. The maximum absolute atomic E-state index is 12.5. The SMILES string of the molecule is CCCCCCC/C=C\C/C=C\C/C=C\CCCCCCCCCCCCCCCCCCC(=O)NC(CO)C(O)CCCCCCCCCCCCCCCCCCCCC. The van der Waals surface area contributed by atoms with Crippen molar-refractivity contribution in [2.24, 2.45) is 0 Å². The maximum atomic E-state index is 12.5. The molecule has 4 nitrogen and oxygen atoms in total. The molecule has 2 atom stereocenters. The van der Waals surface area contributed by atoms with Gasteiger partial charge in [-0.2, -0.15) is 0 Å². The molecule has 0 rings (SSSR count). The summed E-state index contributed by atoms with van der Waals surface area (Å²) in [4.78, 5) is 12.5. The van der Waals surface area contributed by atoms with Crippen molar-refractivity contribution in [3.63, 3.8) is 0 Å². The summed E-state index contributed by atoms with van der Waals surface area (Å²) < 4.78 is 0. The van der Waals surface area contributed by atoms with E-state index >= 15 is 0 Å². The standard InChI is InChI=1S/C58H111NO3/c1-3-5-7-9-11-13-15-17-19-21-23-24-25-26-27-28-29-30-31-32-33-34-36-38-40-42-44-46-48-50-52-54-58(62)59-56(55-60)57(61)53-51-49-47-45-43-41-39-37-35-22-20-18-16-14-12-10-8-6-4-2/h15,17,21,23,25-26,56-57,60-61H,3-14,16,18-20,22,24,27-55H2,1-2H3,(H,59,62)/b17-15-,23-21-,26-25-. The zero-order chi connectivity index (χ0) is 44.9. The van der Waals surface area contributed by atoms with E-state index in [0.29, 0.717) is 12.8 Å². The molecule has 0 radical (unpaired) electrons. The summed E-state index contributed by atoms with van der Waals surface area (Å²) in [6, 6.07) is -0.536. The quantitative estimate of drug-likeness (QED) is 0.0421. The Morgan fingerprint density at radius 1 is 0.387 bits per heavy atom. The zero-order valence-electron chi connectivity index (χ0n) is 42.2. The van der Waals surface area contributed by atoms with Gasteiger partial charge in [0.05, 0.1) is 18.8 Å². The first-order valence-electron chi connectivity index (χ1n) is 28.2. The lowest BCUT2D eigenvalue weighted by molar-refractivity contribution is -0.123. The largest absolute Gasteiger partial charge is 0.394 e. The van der Waals surface area contributed by atoms with E-state index < -0.39 is 12.1 Å². The van der Waals surface area contributed by atoms with Gasteiger partial charge < -0.3 is 15.5 Å². The van der Waals surface area contributed by atoms with Gasteiger partial charge in [-0.3, -0.25) is 4.79 Å². The summed E-state index contributed by atoms with van der Waals surface area (Å²) >= 11 is 0. The van der Waals surface area contributed by atoms with Crippen LogP contribution in [-0.2, 0) is 4.79 Å². The van der Waals surface area contributed by atoms with Crippen molar-refractivity contribution in [2.75, 3.05) is 6.61 Å². The maximum Gasteiger partial charge on any atom is 0.220 e. The van der Waals surface area contributed by atoms with Crippen LogP contribution in [0.15, 0.2) is 36.5 Å². The van der Waals surface area contributed by atoms with Gasteiger partial charge in [0, 0.05) is 6.42 Å². The number of unbranched alkanes of at least 4 members (excludes halogenated alkanes) is 39. The highest BCUT2D eigenvalue weighted by atomic mass is 16.3. The summed E-state index contributed by atoms with van der Waals surface area (Å²) in [5, 5.41) is 23.3. The van der Waals surface area contributed by atoms with Crippen molar-refractivity contribution in [1.82, 2.24) is 5.32 Å². The minimum Gasteiger partial charge on any atom is -0.394 e. The fourth-order valence-corrected chi connectivity index (χ4v) is 8.84. The Bertz CT molecular complexity index is 943. The molecule has 2 unspecified atom stereocenters. The number of aliphatic hydroxyl groups is 2. The molecule has 1 amide bonds. The Labute approximate surface area is 389 Å². The molecule has 0 aromatic carbocycles. The highest BCUT2D eigenvalue weighted by molar-refractivity contribution is 5.76. The molecule has 0 aromatic heterocycles. The van der Waals surface area contributed by atoms with Crippen LogP contribution in [0.1, 0.15) is 309 Å². The number of hydrogen-bond donors (Lipinski definition) is 3. The number of hydrogen-bond acceptors (Lipinski definition) is 3. The van der Waals surface area contributed by atoms with Crippen LogP contribution in [0.2, 0.25) is 0 Å². The topological polar surface area (TPSA) is 69.6 Å². The van der Waals surface area contributed by atoms with Gasteiger partial charge in [0.25, 0.3) is 0 Å². The van der Waals surface area contributed by atoms with Crippen LogP contribution in [0.4, 0.5) is 0 Å². The first kappa shape index (κ1) is 60.6. The van der Waals surface area contributed by atoms with Crippen LogP contribution in [0.25, 0.3) is 0 Å². The Hall–Kier alpha value is -1.39. The van der Waals surface area contributed by atoms with E-state index in [4.69, 9.17) is 0 Å². The predicted molar refractivity (Wildman–Crippen MR) is 276 cm³/mol. The average molecular weight is 871 g/mol. The molecule has 0 heterocycles. The minimum atomic E-state index is -0.659. The molecule has 0 spiro atoms. The third-order valence-corrected chi connectivity index (χ3v) is 13.2. The van der Waals surface area contributed by atoms with Crippen molar-refractivity contribution >= 4 is 5.91 Å². The average Bonchev–Trinajstić information content (AvgIpc) is 3.28. The lowest BCUT2D eigenvalue weighted by atomic mass is 10.0. The minimum absolute atomic E-state index is 0.0272. The third kappa shape index (κ3) is 49.6. The molecule has 366 valence electrons. The van der Waals surface area contributed by atoms with Crippen molar-refractivity contribution < 1.29 is 15.0 Å². The van der Waals surface area contributed by atoms with E-state index in [-0.39, 0.29) is 12.5 Å². The molecular weight excluding hydrogens is 759 g/mol. The monoisotopic (exact) mass is 870 g/mol. The fraction of sp³-hybridized carbons (Fsp3) is 0.879. The lowest BCUT2D eigenvalue weighted by Crippen LogP contribution is -2.45. The molecule has 0 aliphatic carbocycles. The lowest BCUT2D eigenvalue weighted by Gasteiger charge is -2.22. The first-order chi connectivity index (χ1) is 30.7. The molecule has 0 bridgehead atoms. The summed E-state index contributed by atoms with van der Waals surface area (Å²) in [6.45, 7) is 4.37. The van der Waals surface area contributed by atoms with Gasteiger partial charge in [-0.15, -0.1) is 0 Å². The highest BCUT2D eigenvalue weighted by Crippen LogP contribution is 2.17. The Kier molecular flexibility index (Phi) is 52.7. The molecule has 0 aliphatic rings. The number of aliphatic hydroxyl groups excluding tert-OH is 2. The van der Waals surface area contributed by atoms with E-state index in [9.17, 15) is 15.0 Å². The third-order valence-electron chi connectivity index (χ3n) is 13.2. The van der Waals surface area contributed by atoms with Gasteiger partial charge in [0.15, 0.2) is 0 Å². The van der Waals surface area contributed by atoms with Crippen LogP contribution in [0, 0.1) is 0 Å². The predicted octanol–water partition coefficient (Wildman–Crippen LogP) is 18.5. The van der Waals surface area contributed by atoms with Crippen LogP contribution in [0.3, 0.4) is 0 Å². The molecular formula is C58H111NO3. The van der Waals surface area contributed by atoms with Crippen LogP contribution < -0.4 is 5.32 Å². The normalized spacial score (nSPS) is 13.0. The molecule has 0 fully saturated rings. The summed E-state index contributed by atoms with van der Waals surface area (Å²) in [7, 11) is 0. The molecule has 0 saturated heterocycles. The van der Waals surface area contributed by atoms with E-state index in [1.54, 1.807) is 0 Å². The second-order valence-corrected chi connectivity index (χ2v) is 19.4. The van der Waals surface area contributed by atoms with Crippen LogP contribution >= 0.6 is 0 Å². The number of carbonyl (C=O) groups is 1. The second kappa shape index (κ2) is 53.9. The number of allylic oxidation sites excluding steroid dienone is 6. The fourth-order valence-electron chi connectivity index (χ4n) is 8.84. The van der Waals surface area contributed by atoms with Crippen molar-refractivity contribution in [1.29, 1.82) is 0 Å². The van der Waals surface area contributed by atoms with Crippen molar-refractivity contribution in [2.45, 2.75) is 321 Å². The molecule has 0 aliphatic heterocycles. The Morgan fingerprint density at radius 3 is 0.984 bits per heavy atom. The summed E-state index contributed by atoms with van der Waals surface area (Å²) in [6.07, 6.45) is 72.7. The summed E-state index contributed by atoms with van der Waals surface area (Å²) in [5.74, 6) is -0.0272. The smallest absolute Gasteiger partial charge is 0.220 e. The van der Waals surface area contributed by atoms with Gasteiger partial charge in [-0.05, 0) is 51.4 Å². The number of carbonyl (C=O) groups excluding carboxylic acids is 1. The van der Waals surface area contributed by atoms with E-state index in [1.807, 2.05) is 0 Å². The van der Waals surface area contributed by atoms with Crippen LogP contribution in [-0.4, -0.2) is 34.9 Å². The van der Waals surface area contributed by atoms with Gasteiger partial charge in [-0.1, -0.05) is 288 Å². The molecule has 3 N–H and O–H groups in total. The van der Waals surface area contributed by atoms with E-state index in [0.717, 1.165) is 38.5 Å². The van der Waals surface area contributed by atoms with Crippen LogP contribution in [0.5, 0.6) is 0 Å². The van der Waals surface area contributed by atoms with Gasteiger partial charge >= 0.3 is 0 Å². The Morgan fingerprint density at radius 2 is 0.661 bits per heavy atom. The zero-order valence-corrected chi connectivity index (χ0v) is 42.2.